The lowest BCUT2D eigenvalue weighted by Gasteiger charge is -2.03. The van der Waals surface area contributed by atoms with Crippen LogP contribution >= 0.6 is 0 Å². The van der Waals surface area contributed by atoms with E-state index in [0.29, 0.717) is 11.8 Å². The Balaban J connectivity index is 4.27. The van der Waals surface area contributed by atoms with Gasteiger partial charge in [-0.25, -0.2) is 0 Å². The second-order valence-corrected chi connectivity index (χ2v) is 3.79. The van der Waals surface area contributed by atoms with Gasteiger partial charge in [0.05, 0.1) is 0 Å². The van der Waals surface area contributed by atoms with Gasteiger partial charge in [-0.2, -0.15) is 10.2 Å². The molecular weight excluding hydrogens is 148 g/mol. The zero-order chi connectivity index (χ0) is 9.72. The maximum Gasteiger partial charge on any atom is 0.0400 e. The first kappa shape index (κ1) is 11.3. The Morgan fingerprint density at radius 3 is 1.17 bits per heavy atom. The van der Waals surface area contributed by atoms with E-state index in [1.165, 1.54) is 0 Å². The SMILES string of the molecule is C/C(=N/N=C(\C)C(C)C)C(C)C. The lowest BCUT2D eigenvalue weighted by molar-refractivity contribution is 0.851. The molecule has 0 saturated heterocycles. The minimum atomic E-state index is 0.494. The van der Waals surface area contributed by atoms with E-state index in [-0.39, 0.29) is 0 Å². The topological polar surface area (TPSA) is 24.7 Å². The monoisotopic (exact) mass is 168 g/mol. The van der Waals surface area contributed by atoms with Crippen LogP contribution < -0.4 is 0 Å². The molecule has 2 heteroatoms. The first-order valence-electron chi connectivity index (χ1n) is 4.53. The number of nitrogens with zero attached hydrogens (tertiary/aromatic N) is 2. The molecule has 0 radical (unpaired) electrons. The van der Waals surface area contributed by atoms with Crippen LogP contribution in [0, 0.1) is 11.8 Å². The molecule has 0 fully saturated rings. The van der Waals surface area contributed by atoms with Crippen LogP contribution in [-0.2, 0) is 0 Å². The van der Waals surface area contributed by atoms with Crippen LogP contribution in [0.2, 0.25) is 0 Å². The molecule has 0 aromatic rings. The molecule has 2 nitrogen and oxygen atoms in total. The molecule has 70 valence electrons. The zero-order valence-electron chi connectivity index (χ0n) is 9.05. The van der Waals surface area contributed by atoms with Gasteiger partial charge >= 0.3 is 0 Å². The van der Waals surface area contributed by atoms with Crippen molar-refractivity contribution < 1.29 is 0 Å². The van der Waals surface area contributed by atoms with E-state index in [1.807, 2.05) is 13.8 Å². The van der Waals surface area contributed by atoms with Gasteiger partial charge < -0.3 is 0 Å². The highest BCUT2D eigenvalue weighted by Crippen LogP contribution is 2.00. The van der Waals surface area contributed by atoms with Crippen molar-refractivity contribution in [3.63, 3.8) is 0 Å². The second kappa shape index (κ2) is 5.07. The van der Waals surface area contributed by atoms with E-state index in [2.05, 4.69) is 37.9 Å². The number of rotatable bonds is 3. The average molecular weight is 168 g/mol. The molecule has 12 heavy (non-hydrogen) atoms. The van der Waals surface area contributed by atoms with Gasteiger partial charge in [-0.15, -0.1) is 0 Å². The zero-order valence-corrected chi connectivity index (χ0v) is 9.05. The first-order chi connectivity index (χ1) is 5.45. The van der Waals surface area contributed by atoms with Crippen molar-refractivity contribution in [1.29, 1.82) is 0 Å². The van der Waals surface area contributed by atoms with E-state index in [4.69, 9.17) is 0 Å². The predicted octanol–water partition coefficient (Wildman–Crippen LogP) is 3.14. The summed E-state index contributed by atoms with van der Waals surface area (Å²) >= 11 is 0. The fraction of sp³-hybridized carbons (Fsp3) is 0.800. The summed E-state index contributed by atoms with van der Waals surface area (Å²) in [7, 11) is 0. The Kier molecular flexibility index (Phi) is 4.79. The van der Waals surface area contributed by atoms with Crippen LogP contribution in [-0.4, -0.2) is 11.4 Å². The summed E-state index contributed by atoms with van der Waals surface area (Å²) in [6.07, 6.45) is 0. The smallest absolute Gasteiger partial charge is 0.0400 e. The first-order valence-corrected chi connectivity index (χ1v) is 4.53. The molecule has 0 aliphatic heterocycles. The van der Waals surface area contributed by atoms with Gasteiger partial charge in [-0.05, 0) is 25.7 Å². The lowest BCUT2D eigenvalue weighted by Crippen LogP contribution is -2.04. The molecule has 0 aromatic carbocycles. The van der Waals surface area contributed by atoms with E-state index >= 15 is 0 Å². The summed E-state index contributed by atoms with van der Waals surface area (Å²) in [5.74, 6) is 0.988. The Morgan fingerprint density at radius 1 is 0.750 bits per heavy atom. The Labute approximate surface area is 75.8 Å². The minimum absolute atomic E-state index is 0.494. The molecule has 0 saturated carbocycles. The molecular formula is C10H20N2. The quantitative estimate of drug-likeness (QED) is 0.457. The van der Waals surface area contributed by atoms with E-state index in [9.17, 15) is 0 Å². The van der Waals surface area contributed by atoms with Gasteiger partial charge in [-0.1, -0.05) is 27.7 Å². The fourth-order valence-corrected chi connectivity index (χ4v) is 0.389. The molecule has 0 bridgehead atoms. The van der Waals surface area contributed by atoms with Crippen molar-refractivity contribution in [3.05, 3.63) is 0 Å². The van der Waals surface area contributed by atoms with Gasteiger partial charge in [0.25, 0.3) is 0 Å². The molecule has 0 aromatic heterocycles. The van der Waals surface area contributed by atoms with Gasteiger partial charge in [0.15, 0.2) is 0 Å². The Bertz CT molecular complexity index is 166. The summed E-state index contributed by atoms with van der Waals surface area (Å²) < 4.78 is 0. The largest absolute Gasteiger partial charge is 0.160 e. The summed E-state index contributed by atoms with van der Waals surface area (Å²) in [6.45, 7) is 12.5. The lowest BCUT2D eigenvalue weighted by atomic mass is 10.1. The molecule has 0 aliphatic rings. The summed E-state index contributed by atoms with van der Waals surface area (Å²) in [6, 6.07) is 0. The van der Waals surface area contributed by atoms with Crippen LogP contribution in [0.15, 0.2) is 10.2 Å². The predicted molar refractivity (Wildman–Crippen MR) is 55.9 cm³/mol. The summed E-state index contributed by atoms with van der Waals surface area (Å²) in [5.41, 5.74) is 2.19. The van der Waals surface area contributed by atoms with E-state index < -0.39 is 0 Å². The maximum atomic E-state index is 4.15. The third-order valence-corrected chi connectivity index (χ3v) is 2.04. The number of hydrogen-bond acceptors (Lipinski definition) is 2. The van der Waals surface area contributed by atoms with Crippen molar-refractivity contribution in [2.75, 3.05) is 0 Å². The van der Waals surface area contributed by atoms with Gasteiger partial charge in [0.2, 0.25) is 0 Å². The van der Waals surface area contributed by atoms with Crippen molar-refractivity contribution in [2.24, 2.45) is 22.0 Å². The molecule has 0 atom stereocenters. The van der Waals surface area contributed by atoms with Crippen LogP contribution in [0.4, 0.5) is 0 Å². The van der Waals surface area contributed by atoms with Crippen molar-refractivity contribution in [1.82, 2.24) is 0 Å². The summed E-state index contributed by atoms with van der Waals surface area (Å²) in [5, 5.41) is 8.30. The highest BCUT2D eigenvalue weighted by molar-refractivity contribution is 5.87. The highest BCUT2D eigenvalue weighted by atomic mass is 15.2. The van der Waals surface area contributed by atoms with Gasteiger partial charge in [-0.3, -0.25) is 0 Å². The molecule has 0 amide bonds. The maximum absolute atomic E-state index is 4.15. The molecule has 0 unspecified atom stereocenters. The average Bonchev–Trinajstić information content (AvgIpc) is 1.98. The second-order valence-electron chi connectivity index (χ2n) is 3.79. The minimum Gasteiger partial charge on any atom is -0.160 e. The van der Waals surface area contributed by atoms with Gasteiger partial charge in [0, 0.05) is 11.4 Å². The van der Waals surface area contributed by atoms with Crippen molar-refractivity contribution in [3.8, 4) is 0 Å². The summed E-state index contributed by atoms with van der Waals surface area (Å²) in [4.78, 5) is 0. The van der Waals surface area contributed by atoms with Crippen LogP contribution in [0.25, 0.3) is 0 Å². The van der Waals surface area contributed by atoms with Crippen molar-refractivity contribution >= 4 is 11.4 Å². The molecule has 0 N–H and O–H groups in total. The fourth-order valence-electron chi connectivity index (χ4n) is 0.389. The third-order valence-electron chi connectivity index (χ3n) is 2.04. The molecule has 0 heterocycles. The highest BCUT2D eigenvalue weighted by Gasteiger charge is 1.99. The standard InChI is InChI=1S/C10H20N2/c1-7(2)9(5)11-12-10(6)8(3)4/h7-8H,1-6H3/b11-9-,12-10+. The van der Waals surface area contributed by atoms with E-state index in [1.54, 1.807) is 0 Å². The normalized spacial score (nSPS) is 14.7. The van der Waals surface area contributed by atoms with Gasteiger partial charge in [0.1, 0.15) is 0 Å². The van der Waals surface area contributed by atoms with Crippen molar-refractivity contribution in [2.45, 2.75) is 41.5 Å². The molecule has 0 rings (SSSR count). The third kappa shape index (κ3) is 4.27. The Hall–Kier alpha value is -0.660. The molecule has 0 spiro atoms. The van der Waals surface area contributed by atoms with Crippen LogP contribution in [0.3, 0.4) is 0 Å². The van der Waals surface area contributed by atoms with Crippen LogP contribution in [0.1, 0.15) is 41.5 Å². The Morgan fingerprint density at radius 2 is 1.00 bits per heavy atom. The number of hydrogen-bond donors (Lipinski definition) is 0. The molecule has 0 aliphatic carbocycles. The van der Waals surface area contributed by atoms with Crippen LogP contribution in [0.5, 0.6) is 0 Å². The van der Waals surface area contributed by atoms with E-state index in [0.717, 1.165) is 11.4 Å².